The highest BCUT2D eigenvalue weighted by Gasteiger charge is 2.46. The molecule has 0 aromatic heterocycles. The van der Waals surface area contributed by atoms with Gasteiger partial charge >= 0.3 is 12.1 Å². The molecule has 0 bridgehead atoms. The van der Waals surface area contributed by atoms with E-state index in [1.54, 1.807) is 0 Å². The molecular formula is C12H11F4NO. The van der Waals surface area contributed by atoms with Gasteiger partial charge in [0.1, 0.15) is 5.82 Å². The summed E-state index contributed by atoms with van der Waals surface area (Å²) in [4.78, 5) is 12.0. The fourth-order valence-electron chi connectivity index (χ4n) is 1.75. The Balaban J connectivity index is 2.14. The van der Waals surface area contributed by atoms with Gasteiger partial charge in [-0.15, -0.1) is 0 Å². The average molecular weight is 261 g/mol. The first kappa shape index (κ1) is 12.9. The molecule has 0 saturated heterocycles. The van der Waals surface area contributed by atoms with Crippen molar-refractivity contribution in [1.82, 2.24) is 4.90 Å². The maximum absolute atomic E-state index is 12.9. The van der Waals surface area contributed by atoms with Crippen molar-refractivity contribution in [2.24, 2.45) is 0 Å². The van der Waals surface area contributed by atoms with E-state index in [4.69, 9.17) is 0 Å². The first-order valence-electron chi connectivity index (χ1n) is 5.50. The van der Waals surface area contributed by atoms with E-state index in [1.807, 2.05) is 0 Å². The lowest BCUT2D eigenvalue weighted by Crippen LogP contribution is -2.42. The number of carbonyl (C=O) groups excluding carboxylic acids is 1. The van der Waals surface area contributed by atoms with Gasteiger partial charge in [0.05, 0.1) is 0 Å². The van der Waals surface area contributed by atoms with Crippen molar-refractivity contribution >= 4 is 5.91 Å². The molecule has 2 nitrogen and oxygen atoms in total. The van der Waals surface area contributed by atoms with Crippen molar-refractivity contribution in [1.29, 1.82) is 0 Å². The molecule has 1 aromatic rings. The molecule has 0 aliphatic heterocycles. The second-order valence-electron chi connectivity index (χ2n) is 4.29. The zero-order valence-corrected chi connectivity index (χ0v) is 9.38. The van der Waals surface area contributed by atoms with Crippen LogP contribution in [-0.2, 0) is 11.3 Å². The lowest BCUT2D eigenvalue weighted by atomic mass is 10.2. The zero-order valence-electron chi connectivity index (χ0n) is 9.38. The largest absolute Gasteiger partial charge is 0.471 e. The fourth-order valence-corrected chi connectivity index (χ4v) is 1.75. The Morgan fingerprint density at radius 3 is 2.50 bits per heavy atom. The maximum Gasteiger partial charge on any atom is 0.471 e. The molecule has 0 N–H and O–H groups in total. The lowest BCUT2D eigenvalue weighted by molar-refractivity contribution is -0.186. The van der Waals surface area contributed by atoms with Gasteiger partial charge < -0.3 is 4.90 Å². The van der Waals surface area contributed by atoms with Crippen LogP contribution in [0.5, 0.6) is 0 Å². The zero-order chi connectivity index (χ0) is 13.3. The third-order valence-electron chi connectivity index (χ3n) is 2.73. The van der Waals surface area contributed by atoms with Crippen molar-refractivity contribution in [3.8, 4) is 0 Å². The number of rotatable bonds is 3. The fraction of sp³-hybridized carbons (Fsp3) is 0.417. The Morgan fingerprint density at radius 1 is 1.33 bits per heavy atom. The number of alkyl halides is 3. The van der Waals surface area contributed by atoms with Gasteiger partial charge in [-0.3, -0.25) is 4.79 Å². The molecule has 1 fully saturated rings. The normalized spacial score (nSPS) is 15.6. The van der Waals surface area contributed by atoms with Crippen LogP contribution in [0.15, 0.2) is 24.3 Å². The Morgan fingerprint density at radius 2 is 2.00 bits per heavy atom. The summed E-state index contributed by atoms with van der Waals surface area (Å²) in [5, 5.41) is 0. The minimum atomic E-state index is -4.88. The van der Waals surface area contributed by atoms with Crippen LogP contribution in [0.1, 0.15) is 18.4 Å². The molecule has 1 aliphatic carbocycles. The van der Waals surface area contributed by atoms with E-state index < -0.39 is 17.9 Å². The first-order valence-corrected chi connectivity index (χ1v) is 5.50. The van der Waals surface area contributed by atoms with Gasteiger partial charge in [0.2, 0.25) is 0 Å². The lowest BCUT2D eigenvalue weighted by Gasteiger charge is -2.23. The summed E-state index contributed by atoms with van der Waals surface area (Å²) in [5.74, 6) is -2.38. The standard InChI is InChI=1S/C12H11F4NO/c13-9-3-1-2-8(6-9)7-17(10-4-5-10)11(18)12(14,15)16/h1-3,6,10H,4-5,7H2. The van der Waals surface area contributed by atoms with Crippen LogP contribution in [-0.4, -0.2) is 23.0 Å². The summed E-state index contributed by atoms with van der Waals surface area (Å²) < 4.78 is 50.2. The summed E-state index contributed by atoms with van der Waals surface area (Å²) in [6.45, 7) is -0.208. The second kappa shape index (κ2) is 4.59. The summed E-state index contributed by atoms with van der Waals surface area (Å²) in [6, 6.07) is 4.88. The quantitative estimate of drug-likeness (QED) is 0.766. The summed E-state index contributed by atoms with van der Waals surface area (Å²) in [7, 11) is 0. The van der Waals surface area contributed by atoms with Gasteiger partial charge in [-0.1, -0.05) is 12.1 Å². The SMILES string of the molecule is O=C(N(Cc1cccc(F)c1)C1CC1)C(F)(F)F. The third-order valence-corrected chi connectivity index (χ3v) is 2.73. The van der Waals surface area contributed by atoms with Crippen LogP contribution in [0.3, 0.4) is 0 Å². The summed E-state index contributed by atoms with van der Waals surface area (Å²) in [5.41, 5.74) is 0.361. The maximum atomic E-state index is 12.9. The molecule has 1 aromatic carbocycles. The molecular weight excluding hydrogens is 250 g/mol. The minimum absolute atomic E-state index is 0.208. The van der Waals surface area contributed by atoms with E-state index in [-0.39, 0.29) is 12.6 Å². The van der Waals surface area contributed by atoms with Crippen molar-refractivity contribution in [3.05, 3.63) is 35.6 Å². The van der Waals surface area contributed by atoms with Crippen LogP contribution in [0.25, 0.3) is 0 Å². The molecule has 18 heavy (non-hydrogen) atoms. The molecule has 0 radical (unpaired) electrons. The molecule has 1 aliphatic rings. The van der Waals surface area contributed by atoms with Crippen molar-refractivity contribution < 1.29 is 22.4 Å². The molecule has 98 valence electrons. The number of hydrogen-bond donors (Lipinski definition) is 0. The molecule has 0 heterocycles. The molecule has 1 saturated carbocycles. The molecule has 0 unspecified atom stereocenters. The number of carbonyl (C=O) groups is 1. The second-order valence-corrected chi connectivity index (χ2v) is 4.29. The summed E-state index contributed by atoms with van der Waals surface area (Å²) in [6.07, 6.45) is -3.75. The van der Waals surface area contributed by atoms with Crippen LogP contribution >= 0.6 is 0 Å². The molecule has 2 rings (SSSR count). The van der Waals surface area contributed by atoms with Crippen LogP contribution in [0.2, 0.25) is 0 Å². The van der Waals surface area contributed by atoms with Crippen LogP contribution < -0.4 is 0 Å². The first-order chi connectivity index (χ1) is 8.38. The summed E-state index contributed by atoms with van der Waals surface area (Å²) >= 11 is 0. The Hall–Kier alpha value is -1.59. The molecule has 1 amide bonds. The molecule has 6 heteroatoms. The average Bonchev–Trinajstić information content (AvgIpc) is 3.07. The highest BCUT2D eigenvalue weighted by Crippen LogP contribution is 2.32. The highest BCUT2D eigenvalue weighted by atomic mass is 19.4. The monoisotopic (exact) mass is 261 g/mol. The Kier molecular flexibility index (Phi) is 3.28. The predicted octanol–water partition coefficient (Wildman–Crippen LogP) is 2.88. The van der Waals surface area contributed by atoms with Gasteiger partial charge in [0.25, 0.3) is 0 Å². The smallest absolute Gasteiger partial charge is 0.328 e. The van der Waals surface area contributed by atoms with E-state index in [0.717, 1.165) is 11.0 Å². The van der Waals surface area contributed by atoms with Gasteiger partial charge in [-0.2, -0.15) is 13.2 Å². The van der Waals surface area contributed by atoms with E-state index >= 15 is 0 Å². The molecule has 0 spiro atoms. The Labute approximate surface area is 101 Å². The number of amides is 1. The Bertz CT molecular complexity index is 454. The number of nitrogens with zero attached hydrogens (tertiary/aromatic N) is 1. The van der Waals surface area contributed by atoms with Gasteiger partial charge in [-0.05, 0) is 30.5 Å². The molecule has 0 atom stereocenters. The van der Waals surface area contributed by atoms with Crippen molar-refractivity contribution in [2.45, 2.75) is 31.6 Å². The van der Waals surface area contributed by atoms with Crippen molar-refractivity contribution in [2.75, 3.05) is 0 Å². The van der Waals surface area contributed by atoms with Gasteiger partial charge in [-0.25, -0.2) is 4.39 Å². The van der Waals surface area contributed by atoms with E-state index in [1.165, 1.54) is 18.2 Å². The predicted molar refractivity (Wildman–Crippen MR) is 56.0 cm³/mol. The van der Waals surface area contributed by atoms with Crippen LogP contribution in [0.4, 0.5) is 17.6 Å². The van der Waals surface area contributed by atoms with E-state index in [0.29, 0.717) is 18.4 Å². The minimum Gasteiger partial charge on any atom is -0.328 e. The number of benzene rings is 1. The van der Waals surface area contributed by atoms with Crippen molar-refractivity contribution in [3.63, 3.8) is 0 Å². The van der Waals surface area contributed by atoms with Crippen LogP contribution in [0, 0.1) is 5.82 Å². The van der Waals surface area contributed by atoms with Gasteiger partial charge in [0, 0.05) is 12.6 Å². The highest BCUT2D eigenvalue weighted by molar-refractivity contribution is 5.82. The third kappa shape index (κ3) is 3.00. The van der Waals surface area contributed by atoms with Gasteiger partial charge in [0.15, 0.2) is 0 Å². The van der Waals surface area contributed by atoms with E-state index in [2.05, 4.69) is 0 Å². The van der Waals surface area contributed by atoms with E-state index in [9.17, 15) is 22.4 Å². The number of hydrogen-bond acceptors (Lipinski definition) is 1. The topological polar surface area (TPSA) is 20.3 Å². The number of halogens is 4.